The van der Waals surface area contributed by atoms with Crippen LogP contribution in [0, 0.1) is 37.5 Å². The number of rotatable bonds is 8. The zero-order valence-electron chi connectivity index (χ0n) is 22.8. The molecule has 0 saturated heterocycles. The van der Waals surface area contributed by atoms with Gasteiger partial charge in [-0.25, -0.2) is 0 Å². The van der Waals surface area contributed by atoms with Gasteiger partial charge in [0.2, 0.25) is 0 Å². The van der Waals surface area contributed by atoms with Crippen LogP contribution in [0.3, 0.4) is 0 Å². The molecule has 0 atom stereocenters. The Hall–Kier alpha value is -2.72. The van der Waals surface area contributed by atoms with E-state index in [9.17, 15) is 4.79 Å². The maximum Gasteiger partial charge on any atom is 0.309 e. The van der Waals surface area contributed by atoms with Crippen LogP contribution in [0.2, 0.25) is 0 Å². The molecule has 4 heteroatoms. The largest absolute Gasteiger partial charge is 0.492 e. The summed E-state index contributed by atoms with van der Waals surface area (Å²) in [4.78, 5) is 16.8. The van der Waals surface area contributed by atoms with Gasteiger partial charge in [0.1, 0.15) is 11.4 Å². The van der Waals surface area contributed by atoms with Gasteiger partial charge in [-0.1, -0.05) is 36.4 Å². The molecule has 0 aromatic heterocycles. The average molecular weight is 528 g/mol. The summed E-state index contributed by atoms with van der Waals surface area (Å²) >= 11 is 0. The molecule has 4 aliphatic rings. The predicted molar refractivity (Wildman–Crippen MR) is 153 cm³/mol. The van der Waals surface area contributed by atoms with E-state index in [0.717, 1.165) is 28.7 Å². The van der Waals surface area contributed by atoms with Crippen molar-refractivity contribution >= 4 is 16.9 Å². The molecule has 7 rings (SSSR count). The standard InChI is InChI=1S/C34H39O3S/c1-23-16-31(38(29-10-6-4-7-11-29)30-12-8-5-9-13-30)17-24(2)33(23)36-15-14-32(35)37-34(3)27-19-25-18-26(21-27)22-28(34)20-25/h4-13,16-17,25-28H,14-15,18-22H2,1-3H3/q+1. The number of hydrogen-bond donors (Lipinski definition) is 0. The van der Waals surface area contributed by atoms with Crippen LogP contribution < -0.4 is 4.74 Å². The number of ether oxygens (including phenoxy) is 2. The van der Waals surface area contributed by atoms with E-state index in [1.165, 1.54) is 46.8 Å². The minimum Gasteiger partial charge on any atom is -0.492 e. The van der Waals surface area contributed by atoms with Crippen LogP contribution in [0.15, 0.2) is 87.5 Å². The first-order valence-electron chi connectivity index (χ1n) is 14.2. The highest BCUT2D eigenvalue weighted by Gasteiger charge is 2.57. The molecular weight excluding hydrogens is 488 g/mol. The van der Waals surface area contributed by atoms with Crippen molar-refractivity contribution in [1.29, 1.82) is 0 Å². The Bertz CT molecular complexity index is 1200. The summed E-state index contributed by atoms with van der Waals surface area (Å²) < 4.78 is 12.5. The highest BCUT2D eigenvalue weighted by molar-refractivity contribution is 7.97. The first-order valence-corrected chi connectivity index (χ1v) is 15.4. The lowest BCUT2D eigenvalue weighted by molar-refractivity contribution is -0.203. The number of carbonyl (C=O) groups is 1. The predicted octanol–water partition coefficient (Wildman–Crippen LogP) is 7.93. The van der Waals surface area contributed by atoms with Crippen LogP contribution in [-0.2, 0) is 20.4 Å². The van der Waals surface area contributed by atoms with Crippen LogP contribution in [-0.4, -0.2) is 18.2 Å². The molecule has 0 radical (unpaired) electrons. The Morgan fingerprint density at radius 1 is 0.789 bits per heavy atom. The second kappa shape index (κ2) is 10.4. The Balaban J connectivity index is 1.13. The normalized spacial score (nSPS) is 27.5. The van der Waals surface area contributed by atoms with Crippen molar-refractivity contribution in [2.45, 2.75) is 79.6 Å². The highest BCUT2D eigenvalue weighted by atomic mass is 32.2. The van der Waals surface area contributed by atoms with E-state index in [0.29, 0.717) is 24.9 Å². The topological polar surface area (TPSA) is 35.5 Å². The van der Waals surface area contributed by atoms with Crippen molar-refractivity contribution in [3.8, 4) is 5.75 Å². The molecule has 0 N–H and O–H groups in total. The summed E-state index contributed by atoms with van der Waals surface area (Å²) in [6.07, 6.45) is 6.66. The fraction of sp³-hybridized carbons (Fsp3) is 0.441. The van der Waals surface area contributed by atoms with Crippen molar-refractivity contribution in [3.05, 3.63) is 83.9 Å². The van der Waals surface area contributed by atoms with Crippen molar-refractivity contribution in [3.63, 3.8) is 0 Å². The van der Waals surface area contributed by atoms with E-state index in [1.807, 2.05) is 0 Å². The molecule has 0 unspecified atom stereocenters. The SMILES string of the molecule is Cc1cc([S+](c2ccccc2)c2ccccc2)cc(C)c1OCCC(=O)OC1(C)C2CC3CC(C2)CC1C3. The van der Waals surface area contributed by atoms with E-state index in [-0.39, 0.29) is 22.5 Å². The van der Waals surface area contributed by atoms with Crippen LogP contribution in [0.1, 0.15) is 56.6 Å². The van der Waals surface area contributed by atoms with Crippen molar-refractivity contribution in [2.75, 3.05) is 6.61 Å². The molecule has 3 nitrogen and oxygen atoms in total. The number of esters is 1. The first kappa shape index (κ1) is 25.6. The summed E-state index contributed by atoms with van der Waals surface area (Å²) in [5.41, 5.74) is 1.93. The van der Waals surface area contributed by atoms with Gasteiger partial charge in [0.15, 0.2) is 14.7 Å². The number of aryl methyl sites for hydroxylation is 2. The second-order valence-corrected chi connectivity index (χ2v) is 13.9. The lowest BCUT2D eigenvalue weighted by Gasteiger charge is -2.59. The van der Waals surface area contributed by atoms with Gasteiger partial charge in [-0.05, 0) is 112 Å². The minimum atomic E-state index is -0.275. The molecule has 0 heterocycles. The number of benzene rings is 3. The van der Waals surface area contributed by atoms with E-state index >= 15 is 0 Å². The molecule has 4 bridgehead atoms. The van der Waals surface area contributed by atoms with Gasteiger partial charge >= 0.3 is 5.97 Å². The molecule has 4 aliphatic carbocycles. The molecule has 4 saturated carbocycles. The zero-order valence-corrected chi connectivity index (χ0v) is 23.6. The maximum absolute atomic E-state index is 13.0. The molecule has 0 amide bonds. The summed E-state index contributed by atoms with van der Waals surface area (Å²) in [7, 11) is -0.197. The monoisotopic (exact) mass is 527 g/mol. The molecule has 38 heavy (non-hydrogen) atoms. The fourth-order valence-electron chi connectivity index (χ4n) is 7.60. The third-order valence-electron chi connectivity index (χ3n) is 9.27. The van der Waals surface area contributed by atoms with E-state index in [2.05, 4.69) is 93.6 Å². The number of hydrogen-bond acceptors (Lipinski definition) is 3. The van der Waals surface area contributed by atoms with Crippen molar-refractivity contribution in [1.82, 2.24) is 0 Å². The van der Waals surface area contributed by atoms with Gasteiger partial charge in [-0.2, -0.15) is 0 Å². The Labute approximate surface area is 230 Å². The molecule has 198 valence electrons. The Kier molecular flexibility index (Phi) is 7.03. The Morgan fingerprint density at radius 2 is 1.29 bits per heavy atom. The van der Waals surface area contributed by atoms with E-state index in [1.54, 1.807) is 0 Å². The third kappa shape index (κ3) is 4.88. The fourth-order valence-corrected chi connectivity index (χ4v) is 9.86. The van der Waals surface area contributed by atoms with Crippen LogP contribution in [0.5, 0.6) is 5.75 Å². The molecule has 0 spiro atoms. The van der Waals surface area contributed by atoms with Crippen LogP contribution >= 0.6 is 0 Å². The maximum atomic E-state index is 13.0. The molecule has 3 aromatic rings. The lowest BCUT2D eigenvalue weighted by atomic mass is 9.50. The summed E-state index contributed by atoms with van der Waals surface area (Å²) in [6.45, 7) is 6.77. The second-order valence-electron chi connectivity index (χ2n) is 11.9. The first-order chi connectivity index (χ1) is 18.4. The Morgan fingerprint density at radius 3 is 1.79 bits per heavy atom. The molecule has 4 fully saturated rings. The summed E-state index contributed by atoms with van der Waals surface area (Å²) in [6, 6.07) is 25.9. The molecule has 0 aliphatic heterocycles. The van der Waals surface area contributed by atoms with Gasteiger partial charge in [-0.15, -0.1) is 0 Å². The molecule has 3 aromatic carbocycles. The quantitative estimate of drug-likeness (QED) is 0.220. The summed E-state index contributed by atoms with van der Waals surface area (Å²) in [5.74, 6) is 3.59. The highest BCUT2D eigenvalue weighted by Crippen LogP contribution is 2.59. The van der Waals surface area contributed by atoms with Gasteiger partial charge in [0, 0.05) is 12.1 Å². The summed E-state index contributed by atoms with van der Waals surface area (Å²) in [5, 5.41) is 0. The van der Waals surface area contributed by atoms with Gasteiger partial charge < -0.3 is 9.47 Å². The van der Waals surface area contributed by atoms with Crippen molar-refractivity contribution < 1.29 is 14.3 Å². The van der Waals surface area contributed by atoms with E-state index in [4.69, 9.17) is 9.47 Å². The smallest absolute Gasteiger partial charge is 0.309 e. The zero-order chi connectivity index (χ0) is 26.3. The van der Waals surface area contributed by atoms with Crippen LogP contribution in [0.25, 0.3) is 0 Å². The van der Waals surface area contributed by atoms with Crippen molar-refractivity contribution in [2.24, 2.45) is 23.7 Å². The number of carbonyl (C=O) groups excluding carboxylic acids is 1. The van der Waals surface area contributed by atoms with E-state index < -0.39 is 0 Å². The van der Waals surface area contributed by atoms with Crippen LogP contribution in [0.4, 0.5) is 0 Å². The molecular formula is C34H39O3S+. The van der Waals surface area contributed by atoms with Gasteiger partial charge in [0.25, 0.3) is 0 Å². The van der Waals surface area contributed by atoms with Gasteiger partial charge in [-0.3, -0.25) is 4.79 Å². The lowest BCUT2D eigenvalue weighted by Crippen LogP contribution is -2.58. The third-order valence-corrected chi connectivity index (χ3v) is 11.5. The minimum absolute atomic E-state index is 0.110. The van der Waals surface area contributed by atoms with Gasteiger partial charge in [0.05, 0.1) is 23.9 Å². The average Bonchev–Trinajstić information content (AvgIpc) is 2.90.